The smallest absolute Gasteiger partial charge is 0.146 e. The molecule has 0 saturated carbocycles. The molecule has 2 aromatic rings. The molecule has 0 saturated heterocycles. The van der Waals surface area contributed by atoms with Crippen molar-refractivity contribution in [3.63, 3.8) is 0 Å². The van der Waals surface area contributed by atoms with Crippen molar-refractivity contribution < 1.29 is 9.53 Å². The van der Waals surface area contributed by atoms with E-state index < -0.39 is 6.04 Å². The number of hydrogen-bond acceptors (Lipinski definition) is 3. The van der Waals surface area contributed by atoms with Crippen molar-refractivity contribution in [1.82, 2.24) is 0 Å². The number of ether oxygens (including phenoxy) is 1. The molecule has 0 spiro atoms. The van der Waals surface area contributed by atoms with Crippen molar-refractivity contribution in [3.05, 3.63) is 55.2 Å². The molecule has 0 aliphatic heterocycles. The van der Waals surface area contributed by atoms with Crippen LogP contribution in [0.3, 0.4) is 0 Å². The van der Waals surface area contributed by atoms with Gasteiger partial charge in [0, 0.05) is 3.57 Å². The van der Waals surface area contributed by atoms with Gasteiger partial charge in [-0.25, -0.2) is 0 Å². The first-order valence-electron chi connectivity index (χ1n) is 6.43. The minimum absolute atomic E-state index is 0.00388. The molecule has 0 unspecified atom stereocenters. The predicted octanol–water partition coefficient (Wildman–Crippen LogP) is 4.15. The van der Waals surface area contributed by atoms with Crippen molar-refractivity contribution in [3.8, 4) is 11.5 Å². The standard InChI is InChI=1S/C16H15I2NO2/c1-10(20)15(19)8-11-5-6-16(14(18)7-11)21-13-4-2-3-12(17)9-13/h2-7,9,15H,8,19H2,1H3/t15-/m0/s1. The highest BCUT2D eigenvalue weighted by atomic mass is 127. The molecular formula is C16H15I2NO2. The monoisotopic (exact) mass is 507 g/mol. The van der Waals surface area contributed by atoms with E-state index in [0.29, 0.717) is 6.42 Å². The highest BCUT2D eigenvalue weighted by Crippen LogP contribution is 2.28. The Hall–Kier alpha value is -0.670. The molecule has 2 N–H and O–H groups in total. The SMILES string of the molecule is CC(=O)[C@@H](N)Cc1ccc(Oc2cccc(I)c2)c(I)c1. The molecule has 0 heterocycles. The lowest BCUT2D eigenvalue weighted by Crippen LogP contribution is -2.30. The molecule has 3 nitrogen and oxygen atoms in total. The van der Waals surface area contributed by atoms with E-state index in [1.54, 1.807) is 0 Å². The molecule has 0 fully saturated rings. The fourth-order valence-corrected chi connectivity index (χ4v) is 3.01. The van der Waals surface area contributed by atoms with E-state index in [4.69, 9.17) is 10.5 Å². The lowest BCUT2D eigenvalue weighted by atomic mass is 10.0. The Morgan fingerprint density at radius 3 is 2.62 bits per heavy atom. The number of ketones is 1. The van der Waals surface area contributed by atoms with Crippen molar-refractivity contribution in [2.75, 3.05) is 0 Å². The first-order valence-corrected chi connectivity index (χ1v) is 8.59. The average Bonchev–Trinajstić information content (AvgIpc) is 2.42. The van der Waals surface area contributed by atoms with Crippen LogP contribution >= 0.6 is 45.2 Å². The highest BCUT2D eigenvalue weighted by Gasteiger charge is 2.11. The number of carbonyl (C=O) groups is 1. The summed E-state index contributed by atoms with van der Waals surface area (Å²) in [7, 11) is 0. The van der Waals surface area contributed by atoms with E-state index in [1.165, 1.54) is 6.92 Å². The molecule has 1 atom stereocenters. The lowest BCUT2D eigenvalue weighted by molar-refractivity contribution is -0.118. The van der Waals surface area contributed by atoms with E-state index in [1.807, 2.05) is 42.5 Å². The first-order chi connectivity index (χ1) is 9.95. The Labute approximate surface area is 151 Å². The number of nitrogens with two attached hydrogens (primary N) is 1. The van der Waals surface area contributed by atoms with Crippen LogP contribution in [0.4, 0.5) is 0 Å². The molecule has 0 bridgehead atoms. The Morgan fingerprint density at radius 2 is 2.00 bits per heavy atom. The topological polar surface area (TPSA) is 52.3 Å². The Bertz CT molecular complexity index is 658. The summed E-state index contributed by atoms with van der Waals surface area (Å²) >= 11 is 4.49. The summed E-state index contributed by atoms with van der Waals surface area (Å²) in [6, 6.07) is 13.3. The fourth-order valence-electron chi connectivity index (χ4n) is 1.81. The number of hydrogen-bond donors (Lipinski definition) is 1. The summed E-state index contributed by atoms with van der Waals surface area (Å²) in [5, 5.41) is 0. The van der Waals surface area contributed by atoms with Crippen LogP contribution in [0.25, 0.3) is 0 Å². The van der Waals surface area contributed by atoms with E-state index in [9.17, 15) is 4.79 Å². The summed E-state index contributed by atoms with van der Waals surface area (Å²) in [4.78, 5) is 11.2. The molecule has 0 aromatic heterocycles. The van der Waals surface area contributed by atoms with E-state index in [-0.39, 0.29) is 5.78 Å². The maximum Gasteiger partial charge on any atom is 0.146 e. The molecule has 0 radical (unpaired) electrons. The maximum absolute atomic E-state index is 11.2. The van der Waals surface area contributed by atoms with Gasteiger partial charge in [-0.05, 0) is 94.4 Å². The quantitative estimate of drug-likeness (QED) is 0.620. The third-order valence-electron chi connectivity index (χ3n) is 3.00. The van der Waals surface area contributed by atoms with Crippen molar-refractivity contribution in [1.29, 1.82) is 0 Å². The largest absolute Gasteiger partial charge is 0.456 e. The summed E-state index contributed by atoms with van der Waals surface area (Å²) in [5.41, 5.74) is 6.83. The van der Waals surface area contributed by atoms with Crippen molar-refractivity contribution >= 4 is 51.0 Å². The van der Waals surface area contributed by atoms with Gasteiger partial charge in [-0.3, -0.25) is 4.79 Å². The predicted molar refractivity (Wildman–Crippen MR) is 101 cm³/mol. The van der Waals surface area contributed by atoms with Gasteiger partial charge in [0.1, 0.15) is 17.3 Å². The summed E-state index contributed by atoms with van der Waals surface area (Å²) in [5.74, 6) is 1.62. The molecule has 2 rings (SSSR count). The van der Waals surface area contributed by atoms with Crippen LogP contribution in [-0.4, -0.2) is 11.8 Å². The molecule has 0 aliphatic rings. The normalized spacial score (nSPS) is 12.0. The third kappa shape index (κ3) is 4.93. The molecule has 0 aliphatic carbocycles. The Kier molecular flexibility index (Phi) is 6.00. The summed E-state index contributed by atoms with van der Waals surface area (Å²) in [6.45, 7) is 1.52. The number of halogens is 2. The van der Waals surface area contributed by atoms with Gasteiger partial charge in [-0.1, -0.05) is 12.1 Å². The third-order valence-corrected chi connectivity index (χ3v) is 4.51. The van der Waals surface area contributed by atoms with Gasteiger partial charge >= 0.3 is 0 Å². The molecule has 110 valence electrons. The van der Waals surface area contributed by atoms with Gasteiger partial charge in [0.2, 0.25) is 0 Å². The molecule has 0 amide bonds. The maximum atomic E-state index is 11.2. The minimum atomic E-state index is -0.441. The average molecular weight is 507 g/mol. The second kappa shape index (κ2) is 7.55. The second-order valence-corrected chi connectivity index (χ2v) is 7.15. The van der Waals surface area contributed by atoms with Gasteiger partial charge in [0.05, 0.1) is 9.61 Å². The van der Waals surface area contributed by atoms with E-state index in [2.05, 4.69) is 45.2 Å². The van der Waals surface area contributed by atoms with Crippen LogP contribution in [0.2, 0.25) is 0 Å². The number of carbonyl (C=O) groups excluding carboxylic acids is 1. The number of rotatable bonds is 5. The van der Waals surface area contributed by atoms with Crippen LogP contribution in [0.1, 0.15) is 12.5 Å². The second-order valence-electron chi connectivity index (χ2n) is 4.75. The van der Waals surface area contributed by atoms with Gasteiger partial charge in [-0.15, -0.1) is 0 Å². The highest BCUT2D eigenvalue weighted by molar-refractivity contribution is 14.1. The fraction of sp³-hybridized carbons (Fsp3) is 0.188. The Morgan fingerprint density at radius 1 is 1.24 bits per heavy atom. The molecular weight excluding hydrogens is 492 g/mol. The van der Waals surface area contributed by atoms with Crippen LogP contribution < -0.4 is 10.5 Å². The number of Topliss-reactive ketones (excluding diaryl/α,β-unsaturated/α-hetero) is 1. The minimum Gasteiger partial charge on any atom is -0.456 e. The van der Waals surface area contributed by atoms with Crippen molar-refractivity contribution in [2.24, 2.45) is 5.73 Å². The van der Waals surface area contributed by atoms with E-state index in [0.717, 1.165) is 24.2 Å². The van der Waals surface area contributed by atoms with E-state index >= 15 is 0 Å². The molecule has 2 aromatic carbocycles. The Balaban J connectivity index is 2.14. The molecule has 5 heteroatoms. The number of benzene rings is 2. The van der Waals surface area contributed by atoms with Gasteiger partial charge in [0.15, 0.2) is 0 Å². The zero-order valence-corrected chi connectivity index (χ0v) is 15.8. The van der Waals surface area contributed by atoms with Gasteiger partial charge in [0.25, 0.3) is 0 Å². The summed E-state index contributed by atoms with van der Waals surface area (Å²) < 4.78 is 8.02. The van der Waals surface area contributed by atoms with Crippen LogP contribution in [0.15, 0.2) is 42.5 Å². The van der Waals surface area contributed by atoms with Gasteiger partial charge < -0.3 is 10.5 Å². The van der Waals surface area contributed by atoms with Gasteiger partial charge in [-0.2, -0.15) is 0 Å². The zero-order chi connectivity index (χ0) is 15.4. The first kappa shape index (κ1) is 16.7. The van der Waals surface area contributed by atoms with Crippen LogP contribution in [-0.2, 0) is 11.2 Å². The molecule has 21 heavy (non-hydrogen) atoms. The summed E-state index contributed by atoms with van der Waals surface area (Å²) in [6.07, 6.45) is 0.550. The van der Waals surface area contributed by atoms with Crippen LogP contribution in [0.5, 0.6) is 11.5 Å². The van der Waals surface area contributed by atoms with Crippen LogP contribution in [0, 0.1) is 7.14 Å². The zero-order valence-electron chi connectivity index (χ0n) is 11.5. The van der Waals surface area contributed by atoms with Crippen molar-refractivity contribution in [2.45, 2.75) is 19.4 Å². The lowest BCUT2D eigenvalue weighted by Gasteiger charge is -2.11.